The lowest BCUT2D eigenvalue weighted by Crippen LogP contribution is -2.38. The normalized spacial score (nSPS) is 12.4. The maximum Gasteiger partial charge on any atom is 0.238 e. The lowest BCUT2D eigenvalue weighted by molar-refractivity contribution is -0.120. The van der Waals surface area contributed by atoms with Gasteiger partial charge in [-0.25, -0.2) is 17.8 Å². The molecule has 0 aliphatic rings. The molecule has 0 saturated heterocycles. The second-order valence-electron chi connectivity index (χ2n) is 5.27. The number of sulfone groups is 1. The van der Waals surface area contributed by atoms with Crippen molar-refractivity contribution >= 4 is 15.7 Å². The number of carbonyl (C=O) groups is 1. The average molecular weight is 367 g/mol. The van der Waals surface area contributed by atoms with Gasteiger partial charge in [-0.3, -0.25) is 4.79 Å². The van der Waals surface area contributed by atoms with Gasteiger partial charge in [-0.15, -0.1) is 0 Å². The molecule has 7 nitrogen and oxygen atoms in total. The summed E-state index contributed by atoms with van der Waals surface area (Å²) in [6.45, 7) is 1.17. The number of hydrogen-bond acceptors (Lipinski definition) is 6. The Morgan fingerprint density at radius 2 is 2.04 bits per heavy atom. The molecule has 0 spiro atoms. The zero-order valence-corrected chi connectivity index (χ0v) is 14.6. The van der Waals surface area contributed by atoms with Gasteiger partial charge in [0, 0.05) is 24.4 Å². The Balaban J connectivity index is 2.03. The Kier molecular flexibility index (Phi) is 6.02. The van der Waals surface area contributed by atoms with Crippen molar-refractivity contribution in [1.82, 2.24) is 15.3 Å². The van der Waals surface area contributed by atoms with E-state index in [2.05, 4.69) is 15.3 Å². The first kappa shape index (κ1) is 18.8. The third kappa shape index (κ3) is 4.96. The third-order valence-corrected chi connectivity index (χ3v) is 5.49. The number of benzene rings is 1. The van der Waals surface area contributed by atoms with Gasteiger partial charge < -0.3 is 10.1 Å². The minimum Gasteiger partial charge on any atom is -0.481 e. The summed E-state index contributed by atoms with van der Waals surface area (Å²) in [7, 11) is -2.44. The first-order chi connectivity index (χ1) is 11.8. The highest BCUT2D eigenvalue weighted by Crippen LogP contribution is 2.12. The van der Waals surface area contributed by atoms with Crippen LogP contribution in [0.25, 0.3) is 0 Å². The van der Waals surface area contributed by atoms with Crippen LogP contribution in [0.2, 0.25) is 0 Å². The first-order valence-corrected chi connectivity index (χ1v) is 9.13. The molecule has 9 heteroatoms. The number of nitrogens with one attached hydrogen (secondary N) is 1. The molecule has 1 atom stereocenters. The first-order valence-electron chi connectivity index (χ1n) is 7.42. The van der Waals surface area contributed by atoms with E-state index in [9.17, 15) is 17.6 Å². The number of rotatable bonds is 7. The SMILES string of the molecule is COc1ccnc(CS(=O)(=O)C(C)C(=O)NCc2ccccc2F)n1. The van der Waals surface area contributed by atoms with E-state index in [4.69, 9.17) is 4.74 Å². The number of halogens is 1. The summed E-state index contributed by atoms with van der Waals surface area (Å²) in [5, 5.41) is 1.11. The van der Waals surface area contributed by atoms with Crippen LogP contribution >= 0.6 is 0 Å². The van der Waals surface area contributed by atoms with E-state index in [1.54, 1.807) is 6.07 Å². The lowest BCUT2D eigenvalue weighted by Gasteiger charge is -2.13. The van der Waals surface area contributed by atoms with Crippen LogP contribution < -0.4 is 10.1 Å². The second-order valence-corrected chi connectivity index (χ2v) is 7.60. The summed E-state index contributed by atoms with van der Waals surface area (Å²) in [4.78, 5) is 19.9. The van der Waals surface area contributed by atoms with E-state index < -0.39 is 32.6 Å². The molecule has 1 N–H and O–H groups in total. The number of nitrogens with zero attached hydrogens (tertiary/aromatic N) is 2. The van der Waals surface area contributed by atoms with Gasteiger partial charge in [0.25, 0.3) is 0 Å². The van der Waals surface area contributed by atoms with E-state index in [1.165, 1.54) is 44.5 Å². The van der Waals surface area contributed by atoms with Crippen molar-refractivity contribution in [3.05, 3.63) is 53.7 Å². The number of ether oxygens (including phenoxy) is 1. The molecule has 1 unspecified atom stereocenters. The van der Waals surface area contributed by atoms with Crippen LogP contribution in [-0.2, 0) is 26.9 Å². The fourth-order valence-corrected chi connectivity index (χ4v) is 3.16. The Morgan fingerprint density at radius 1 is 1.32 bits per heavy atom. The van der Waals surface area contributed by atoms with Gasteiger partial charge in [-0.2, -0.15) is 4.98 Å². The Morgan fingerprint density at radius 3 is 2.72 bits per heavy atom. The number of hydrogen-bond donors (Lipinski definition) is 1. The van der Waals surface area contributed by atoms with Gasteiger partial charge in [-0.05, 0) is 13.0 Å². The van der Waals surface area contributed by atoms with E-state index in [0.29, 0.717) is 0 Å². The third-order valence-electron chi connectivity index (χ3n) is 3.54. The molecule has 1 amide bonds. The molecule has 25 heavy (non-hydrogen) atoms. The Labute approximate surface area is 145 Å². The van der Waals surface area contributed by atoms with Gasteiger partial charge in [0.1, 0.15) is 22.6 Å². The molecule has 1 heterocycles. The van der Waals surface area contributed by atoms with Crippen molar-refractivity contribution in [3.8, 4) is 5.88 Å². The fraction of sp³-hybridized carbons (Fsp3) is 0.312. The van der Waals surface area contributed by atoms with Crippen LogP contribution in [0, 0.1) is 5.82 Å². The van der Waals surface area contributed by atoms with Crippen LogP contribution in [0.3, 0.4) is 0 Å². The van der Waals surface area contributed by atoms with E-state index >= 15 is 0 Å². The molecular formula is C16H18FN3O4S. The van der Waals surface area contributed by atoms with Gasteiger partial charge in [0.05, 0.1) is 7.11 Å². The second kappa shape index (κ2) is 8.02. The van der Waals surface area contributed by atoms with Crippen molar-refractivity contribution < 1.29 is 22.3 Å². The minimum atomic E-state index is -3.84. The molecule has 0 fully saturated rings. The van der Waals surface area contributed by atoms with E-state index in [1.807, 2.05) is 0 Å². The Bertz CT molecular complexity index is 858. The topological polar surface area (TPSA) is 98.2 Å². The molecule has 2 rings (SSSR count). The summed E-state index contributed by atoms with van der Waals surface area (Å²) < 4.78 is 43.2. The average Bonchev–Trinajstić information content (AvgIpc) is 2.59. The molecule has 2 aromatic rings. The van der Waals surface area contributed by atoms with Crippen molar-refractivity contribution in [2.45, 2.75) is 24.5 Å². The molecule has 0 bridgehead atoms. The van der Waals surface area contributed by atoms with E-state index in [-0.39, 0.29) is 23.8 Å². The largest absolute Gasteiger partial charge is 0.481 e. The smallest absolute Gasteiger partial charge is 0.238 e. The predicted octanol–water partition coefficient (Wildman–Crippen LogP) is 1.24. The van der Waals surface area contributed by atoms with Crippen molar-refractivity contribution in [2.24, 2.45) is 0 Å². The lowest BCUT2D eigenvalue weighted by atomic mass is 10.2. The standard InChI is InChI=1S/C16H18FN3O4S/c1-11(16(21)19-9-12-5-3-4-6-13(12)17)25(22,23)10-14-18-8-7-15(20-14)24-2/h3-8,11H,9-10H2,1-2H3,(H,19,21). The van der Waals surface area contributed by atoms with Gasteiger partial charge >= 0.3 is 0 Å². The highest BCUT2D eigenvalue weighted by Gasteiger charge is 2.29. The molecular weight excluding hydrogens is 349 g/mol. The maximum atomic E-state index is 13.5. The van der Waals surface area contributed by atoms with Crippen LogP contribution in [0.15, 0.2) is 36.5 Å². The molecule has 134 valence electrons. The van der Waals surface area contributed by atoms with Gasteiger partial charge in [0.15, 0.2) is 9.84 Å². The van der Waals surface area contributed by atoms with Crippen molar-refractivity contribution in [3.63, 3.8) is 0 Å². The number of aromatic nitrogens is 2. The number of amides is 1. The highest BCUT2D eigenvalue weighted by atomic mass is 32.2. The quantitative estimate of drug-likeness (QED) is 0.791. The molecule has 0 radical (unpaired) electrons. The van der Waals surface area contributed by atoms with Gasteiger partial charge in [-0.1, -0.05) is 18.2 Å². The number of methoxy groups -OCH3 is 1. The van der Waals surface area contributed by atoms with Crippen LogP contribution in [0.1, 0.15) is 18.3 Å². The molecule has 1 aromatic heterocycles. The molecule has 1 aromatic carbocycles. The van der Waals surface area contributed by atoms with Gasteiger partial charge in [0.2, 0.25) is 11.8 Å². The zero-order chi connectivity index (χ0) is 18.4. The van der Waals surface area contributed by atoms with Crippen LogP contribution in [-0.4, -0.2) is 36.7 Å². The van der Waals surface area contributed by atoms with E-state index in [0.717, 1.165) is 0 Å². The zero-order valence-electron chi connectivity index (χ0n) is 13.8. The molecule has 0 aliphatic heterocycles. The maximum absolute atomic E-state index is 13.5. The van der Waals surface area contributed by atoms with Crippen LogP contribution in [0.5, 0.6) is 5.88 Å². The Hall–Kier alpha value is -2.55. The van der Waals surface area contributed by atoms with Crippen molar-refractivity contribution in [2.75, 3.05) is 7.11 Å². The summed E-state index contributed by atoms with van der Waals surface area (Å²) in [5.41, 5.74) is 0.275. The molecule has 0 saturated carbocycles. The van der Waals surface area contributed by atoms with Crippen molar-refractivity contribution in [1.29, 1.82) is 0 Å². The summed E-state index contributed by atoms with van der Waals surface area (Å²) >= 11 is 0. The summed E-state index contributed by atoms with van der Waals surface area (Å²) in [6, 6.07) is 7.42. The monoisotopic (exact) mass is 367 g/mol. The predicted molar refractivity (Wildman–Crippen MR) is 88.9 cm³/mol. The molecule has 0 aliphatic carbocycles. The minimum absolute atomic E-state index is 0.0353. The highest BCUT2D eigenvalue weighted by molar-refractivity contribution is 7.92. The summed E-state index contributed by atoms with van der Waals surface area (Å²) in [5.74, 6) is -1.42. The number of carbonyl (C=O) groups excluding carboxylic acids is 1. The fourth-order valence-electron chi connectivity index (χ4n) is 2.00. The van der Waals surface area contributed by atoms with Crippen LogP contribution in [0.4, 0.5) is 4.39 Å². The summed E-state index contributed by atoms with van der Waals surface area (Å²) in [6.07, 6.45) is 1.37.